The topological polar surface area (TPSA) is 47.7 Å². The summed E-state index contributed by atoms with van der Waals surface area (Å²) in [6.07, 6.45) is 0. The monoisotopic (exact) mass is 312 g/mol. The van der Waals surface area contributed by atoms with Crippen molar-refractivity contribution in [2.45, 2.75) is 12.0 Å². The highest BCUT2D eigenvalue weighted by Crippen LogP contribution is 2.27. The molecule has 0 bridgehead atoms. The number of rotatable bonds is 6. The van der Waals surface area contributed by atoms with Crippen LogP contribution in [0.3, 0.4) is 0 Å². The van der Waals surface area contributed by atoms with Gasteiger partial charge in [-0.15, -0.1) is 0 Å². The summed E-state index contributed by atoms with van der Waals surface area (Å²) in [5.74, 6) is 1.97. The SMILES string of the molecule is COc1ccccc1OCCN1C[C@@H](N)[C@H](c2ccccc2)C1. The molecule has 0 aliphatic carbocycles. The van der Waals surface area contributed by atoms with Gasteiger partial charge < -0.3 is 15.2 Å². The van der Waals surface area contributed by atoms with Crippen molar-refractivity contribution in [3.8, 4) is 11.5 Å². The summed E-state index contributed by atoms with van der Waals surface area (Å²) >= 11 is 0. The molecular formula is C19H24N2O2. The van der Waals surface area contributed by atoms with Crippen molar-refractivity contribution in [1.29, 1.82) is 0 Å². The first-order valence-corrected chi connectivity index (χ1v) is 8.06. The van der Waals surface area contributed by atoms with Crippen LogP contribution in [0, 0.1) is 0 Å². The van der Waals surface area contributed by atoms with Gasteiger partial charge in [-0.05, 0) is 17.7 Å². The van der Waals surface area contributed by atoms with Crippen LogP contribution in [-0.2, 0) is 0 Å². The van der Waals surface area contributed by atoms with E-state index in [4.69, 9.17) is 15.2 Å². The number of nitrogens with zero attached hydrogens (tertiary/aromatic N) is 1. The molecule has 0 amide bonds. The van der Waals surface area contributed by atoms with Crippen molar-refractivity contribution in [2.75, 3.05) is 33.4 Å². The van der Waals surface area contributed by atoms with Gasteiger partial charge in [-0.1, -0.05) is 42.5 Å². The number of nitrogens with two attached hydrogens (primary N) is 1. The van der Waals surface area contributed by atoms with Gasteiger partial charge >= 0.3 is 0 Å². The average Bonchev–Trinajstić information content (AvgIpc) is 2.97. The summed E-state index contributed by atoms with van der Waals surface area (Å²) in [5, 5.41) is 0. The number of ether oxygens (including phenoxy) is 2. The third kappa shape index (κ3) is 3.84. The fourth-order valence-corrected chi connectivity index (χ4v) is 3.17. The Labute approximate surface area is 137 Å². The smallest absolute Gasteiger partial charge is 0.161 e. The molecule has 122 valence electrons. The van der Waals surface area contributed by atoms with Gasteiger partial charge in [-0.25, -0.2) is 0 Å². The summed E-state index contributed by atoms with van der Waals surface area (Å²) < 4.78 is 11.2. The van der Waals surface area contributed by atoms with Crippen molar-refractivity contribution in [3.05, 3.63) is 60.2 Å². The van der Waals surface area contributed by atoms with Gasteiger partial charge in [-0.2, -0.15) is 0 Å². The first-order valence-electron chi connectivity index (χ1n) is 8.06. The Bertz CT molecular complexity index is 618. The lowest BCUT2D eigenvalue weighted by Gasteiger charge is -2.17. The lowest BCUT2D eigenvalue weighted by molar-refractivity contribution is 0.228. The van der Waals surface area contributed by atoms with Crippen LogP contribution in [-0.4, -0.2) is 44.3 Å². The van der Waals surface area contributed by atoms with Crippen molar-refractivity contribution < 1.29 is 9.47 Å². The minimum absolute atomic E-state index is 0.184. The summed E-state index contributed by atoms with van der Waals surface area (Å²) in [6, 6.07) is 18.5. The van der Waals surface area contributed by atoms with E-state index in [0.29, 0.717) is 12.5 Å². The zero-order valence-electron chi connectivity index (χ0n) is 13.5. The lowest BCUT2D eigenvalue weighted by Crippen LogP contribution is -2.30. The fraction of sp³-hybridized carbons (Fsp3) is 0.368. The highest BCUT2D eigenvalue weighted by Gasteiger charge is 2.30. The molecule has 1 saturated heterocycles. The third-order valence-corrected chi connectivity index (χ3v) is 4.40. The highest BCUT2D eigenvalue weighted by atomic mass is 16.5. The van der Waals surface area contributed by atoms with E-state index in [1.165, 1.54) is 5.56 Å². The largest absolute Gasteiger partial charge is 0.493 e. The average molecular weight is 312 g/mol. The molecule has 0 unspecified atom stereocenters. The summed E-state index contributed by atoms with van der Waals surface area (Å²) in [7, 11) is 1.66. The molecule has 0 radical (unpaired) electrons. The van der Waals surface area contributed by atoms with Crippen LogP contribution in [0.1, 0.15) is 11.5 Å². The molecule has 0 spiro atoms. The van der Waals surface area contributed by atoms with Crippen LogP contribution in [0.15, 0.2) is 54.6 Å². The number of likely N-dealkylation sites (tertiary alicyclic amines) is 1. The Hall–Kier alpha value is -2.04. The van der Waals surface area contributed by atoms with Gasteiger partial charge in [0.2, 0.25) is 0 Å². The summed E-state index contributed by atoms with van der Waals surface area (Å²) in [6.45, 7) is 3.40. The van der Waals surface area contributed by atoms with E-state index in [2.05, 4.69) is 29.2 Å². The van der Waals surface area contributed by atoms with Gasteiger partial charge in [0, 0.05) is 31.6 Å². The molecule has 0 saturated carbocycles. The quantitative estimate of drug-likeness (QED) is 0.890. The molecule has 23 heavy (non-hydrogen) atoms. The maximum absolute atomic E-state index is 6.33. The van der Waals surface area contributed by atoms with Crippen LogP contribution >= 0.6 is 0 Å². The van der Waals surface area contributed by atoms with Crippen molar-refractivity contribution in [1.82, 2.24) is 4.90 Å². The summed E-state index contributed by atoms with van der Waals surface area (Å²) in [4.78, 5) is 2.37. The molecule has 4 nitrogen and oxygen atoms in total. The third-order valence-electron chi connectivity index (χ3n) is 4.40. The maximum atomic E-state index is 6.33. The molecule has 2 aromatic rings. The van der Waals surface area contributed by atoms with Crippen LogP contribution in [0.2, 0.25) is 0 Å². The zero-order valence-corrected chi connectivity index (χ0v) is 13.5. The van der Waals surface area contributed by atoms with E-state index in [1.54, 1.807) is 7.11 Å². The summed E-state index contributed by atoms with van der Waals surface area (Å²) in [5.41, 5.74) is 7.65. The van der Waals surface area contributed by atoms with E-state index >= 15 is 0 Å². The van der Waals surface area contributed by atoms with Crippen molar-refractivity contribution in [3.63, 3.8) is 0 Å². The molecule has 3 rings (SSSR count). The number of benzene rings is 2. The highest BCUT2D eigenvalue weighted by molar-refractivity contribution is 5.39. The zero-order chi connectivity index (χ0) is 16.1. The standard InChI is InChI=1S/C19H24N2O2/c1-22-18-9-5-6-10-19(18)23-12-11-21-13-16(17(20)14-21)15-7-3-2-4-8-15/h2-10,16-17H,11-14,20H2,1H3/t16-,17+/m0/s1. The second-order valence-electron chi connectivity index (χ2n) is 5.94. The normalized spacial score (nSPS) is 21.3. The second-order valence-corrected chi connectivity index (χ2v) is 5.94. The number of hydrogen-bond donors (Lipinski definition) is 1. The molecule has 1 aliphatic rings. The Morgan fingerprint density at radius 1 is 1.00 bits per heavy atom. The minimum Gasteiger partial charge on any atom is -0.493 e. The molecule has 2 aromatic carbocycles. The fourth-order valence-electron chi connectivity index (χ4n) is 3.17. The Kier molecular flexibility index (Phi) is 5.16. The Morgan fingerprint density at radius 2 is 1.70 bits per heavy atom. The van der Waals surface area contributed by atoms with E-state index in [9.17, 15) is 0 Å². The molecule has 4 heteroatoms. The van der Waals surface area contributed by atoms with Gasteiger partial charge in [0.05, 0.1) is 7.11 Å². The lowest BCUT2D eigenvalue weighted by atomic mass is 9.95. The predicted octanol–water partition coefficient (Wildman–Crippen LogP) is 2.50. The van der Waals surface area contributed by atoms with Crippen molar-refractivity contribution >= 4 is 0 Å². The predicted molar refractivity (Wildman–Crippen MR) is 92.1 cm³/mol. The maximum Gasteiger partial charge on any atom is 0.161 e. The molecular weight excluding hydrogens is 288 g/mol. The first kappa shape index (κ1) is 15.8. The minimum atomic E-state index is 0.184. The number of para-hydroxylation sites is 2. The van der Waals surface area contributed by atoms with Gasteiger partial charge in [0.1, 0.15) is 6.61 Å². The van der Waals surface area contributed by atoms with Crippen LogP contribution < -0.4 is 15.2 Å². The Morgan fingerprint density at radius 3 is 2.43 bits per heavy atom. The van der Waals surface area contributed by atoms with Crippen LogP contribution in [0.25, 0.3) is 0 Å². The van der Waals surface area contributed by atoms with E-state index in [-0.39, 0.29) is 6.04 Å². The molecule has 0 aromatic heterocycles. The van der Waals surface area contributed by atoms with E-state index < -0.39 is 0 Å². The molecule has 2 atom stereocenters. The van der Waals surface area contributed by atoms with E-state index in [0.717, 1.165) is 31.1 Å². The molecule has 1 heterocycles. The number of hydrogen-bond acceptors (Lipinski definition) is 4. The molecule has 2 N–H and O–H groups in total. The molecule has 1 aliphatic heterocycles. The first-order chi connectivity index (χ1) is 11.3. The Balaban J connectivity index is 1.52. The van der Waals surface area contributed by atoms with Gasteiger partial charge in [0.25, 0.3) is 0 Å². The van der Waals surface area contributed by atoms with Gasteiger partial charge in [-0.3, -0.25) is 4.90 Å². The molecule has 1 fully saturated rings. The number of methoxy groups -OCH3 is 1. The van der Waals surface area contributed by atoms with Crippen LogP contribution in [0.4, 0.5) is 0 Å². The van der Waals surface area contributed by atoms with Gasteiger partial charge in [0.15, 0.2) is 11.5 Å². The van der Waals surface area contributed by atoms with Crippen LogP contribution in [0.5, 0.6) is 11.5 Å². The van der Waals surface area contributed by atoms with Crippen molar-refractivity contribution in [2.24, 2.45) is 5.73 Å². The second kappa shape index (κ2) is 7.49. The van der Waals surface area contributed by atoms with E-state index in [1.807, 2.05) is 30.3 Å².